The largest absolute Gasteiger partial charge is 0.322 e. The molecule has 1 aliphatic rings. The number of carbonyl (C=O) groups is 1. The summed E-state index contributed by atoms with van der Waals surface area (Å²) in [7, 11) is 0. The molecule has 1 aromatic rings. The summed E-state index contributed by atoms with van der Waals surface area (Å²) in [5, 5.41) is 6.40. The van der Waals surface area contributed by atoms with Crippen molar-refractivity contribution in [3.8, 4) is 0 Å². The van der Waals surface area contributed by atoms with E-state index in [0.29, 0.717) is 6.04 Å². The average Bonchev–Trinajstić information content (AvgIpc) is 2.89. The van der Waals surface area contributed by atoms with Crippen LogP contribution in [0.1, 0.15) is 26.7 Å². The Labute approximate surface area is 115 Å². The van der Waals surface area contributed by atoms with Crippen LogP contribution in [-0.4, -0.2) is 36.1 Å². The van der Waals surface area contributed by atoms with Crippen LogP contribution in [0, 0.1) is 0 Å². The van der Waals surface area contributed by atoms with Crippen molar-refractivity contribution in [2.45, 2.75) is 38.8 Å². The van der Waals surface area contributed by atoms with Gasteiger partial charge in [0.05, 0.1) is 0 Å². The zero-order valence-electron chi connectivity index (χ0n) is 11.7. The molecule has 0 radical (unpaired) electrons. The monoisotopic (exact) mass is 261 g/mol. The van der Waals surface area contributed by atoms with Gasteiger partial charge in [-0.05, 0) is 45.4 Å². The third-order valence-corrected chi connectivity index (χ3v) is 3.49. The smallest absolute Gasteiger partial charge is 0.321 e. The summed E-state index contributed by atoms with van der Waals surface area (Å²) in [5.41, 5.74) is 0.845. The van der Waals surface area contributed by atoms with E-state index in [4.69, 9.17) is 0 Å². The molecule has 1 unspecified atom stereocenters. The fraction of sp³-hybridized carbons (Fsp3) is 0.533. The number of nitrogens with one attached hydrogen (secondary N) is 2. The molecule has 1 saturated heterocycles. The van der Waals surface area contributed by atoms with Crippen molar-refractivity contribution in [1.29, 1.82) is 0 Å². The van der Waals surface area contributed by atoms with Crippen LogP contribution in [0.2, 0.25) is 0 Å². The molecule has 1 aliphatic heterocycles. The second kappa shape index (κ2) is 6.57. The molecule has 104 valence electrons. The number of para-hydroxylation sites is 1. The van der Waals surface area contributed by atoms with E-state index < -0.39 is 0 Å². The molecule has 1 atom stereocenters. The highest BCUT2D eigenvalue weighted by Crippen LogP contribution is 2.12. The van der Waals surface area contributed by atoms with E-state index in [2.05, 4.69) is 24.5 Å². The third-order valence-electron chi connectivity index (χ3n) is 3.49. The van der Waals surface area contributed by atoms with Crippen LogP contribution in [0.5, 0.6) is 0 Å². The first-order valence-electron chi connectivity index (χ1n) is 7.03. The van der Waals surface area contributed by atoms with Gasteiger partial charge in [-0.3, -0.25) is 0 Å². The fourth-order valence-electron chi connectivity index (χ4n) is 2.39. The molecule has 4 nitrogen and oxygen atoms in total. The molecule has 1 heterocycles. The molecular weight excluding hydrogens is 238 g/mol. The summed E-state index contributed by atoms with van der Waals surface area (Å²) in [6.45, 7) is 5.95. The molecule has 2 amide bonds. The molecular formula is C15H23N3O. The minimum atomic E-state index is -0.0186. The summed E-state index contributed by atoms with van der Waals surface area (Å²) in [5.74, 6) is 0. The lowest BCUT2D eigenvalue weighted by atomic mass is 10.2. The molecule has 2 N–H and O–H groups in total. The minimum absolute atomic E-state index is 0.0186. The molecule has 0 bridgehead atoms. The Morgan fingerprint density at radius 1 is 1.42 bits per heavy atom. The molecule has 19 heavy (non-hydrogen) atoms. The van der Waals surface area contributed by atoms with E-state index in [1.165, 1.54) is 6.42 Å². The predicted molar refractivity (Wildman–Crippen MR) is 78.3 cm³/mol. The molecule has 0 aliphatic carbocycles. The van der Waals surface area contributed by atoms with Crippen LogP contribution in [0.15, 0.2) is 30.3 Å². The molecule has 4 heteroatoms. The third kappa shape index (κ3) is 3.96. The van der Waals surface area contributed by atoms with Crippen LogP contribution in [0.25, 0.3) is 0 Å². The lowest BCUT2D eigenvalue weighted by molar-refractivity contribution is 0.190. The normalized spacial score (nSPS) is 18.6. The lowest BCUT2D eigenvalue weighted by Crippen LogP contribution is -2.46. The first-order valence-corrected chi connectivity index (χ1v) is 7.03. The van der Waals surface area contributed by atoms with E-state index in [-0.39, 0.29) is 12.1 Å². The topological polar surface area (TPSA) is 44.4 Å². The van der Waals surface area contributed by atoms with E-state index in [9.17, 15) is 4.79 Å². The highest BCUT2D eigenvalue weighted by Gasteiger charge is 2.23. The van der Waals surface area contributed by atoms with Crippen LogP contribution in [0.3, 0.4) is 0 Å². The van der Waals surface area contributed by atoms with E-state index in [1.807, 2.05) is 35.2 Å². The first kappa shape index (κ1) is 13.9. The van der Waals surface area contributed by atoms with Gasteiger partial charge in [-0.15, -0.1) is 0 Å². The number of anilines is 1. The second-order valence-corrected chi connectivity index (χ2v) is 5.34. The van der Waals surface area contributed by atoms with Crippen molar-refractivity contribution in [2.24, 2.45) is 0 Å². The van der Waals surface area contributed by atoms with Gasteiger partial charge >= 0.3 is 6.03 Å². The molecule has 1 aromatic carbocycles. The van der Waals surface area contributed by atoms with E-state index in [1.54, 1.807) is 0 Å². The van der Waals surface area contributed by atoms with Gasteiger partial charge in [-0.2, -0.15) is 0 Å². The lowest BCUT2D eigenvalue weighted by Gasteiger charge is -2.29. The number of benzene rings is 1. The number of hydrogen-bond acceptors (Lipinski definition) is 2. The Morgan fingerprint density at radius 2 is 2.16 bits per heavy atom. The highest BCUT2D eigenvalue weighted by molar-refractivity contribution is 5.89. The van der Waals surface area contributed by atoms with E-state index >= 15 is 0 Å². The zero-order chi connectivity index (χ0) is 13.7. The Balaban J connectivity index is 1.96. The van der Waals surface area contributed by atoms with Gasteiger partial charge in [0.2, 0.25) is 0 Å². The Morgan fingerprint density at radius 3 is 2.74 bits per heavy atom. The number of amides is 2. The summed E-state index contributed by atoms with van der Waals surface area (Å²) in [6.07, 6.45) is 2.36. The predicted octanol–water partition coefficient (Wildman–Crippen LogP) is 2.68. The minimum Gasteiger partial charge on any atom is -0.321 e. The number of rotatable bonds is 4. The maximum atomic E-state index is 12.3. The number of urea groups is 1. The fourth-order valence-corrected chi connectivity index (χ4v) is 2.39. The van der Waals surface area contributed by atoms with Gasteiger partial charge < -0.3 is 15.5 Å². The standard InChI is InChI=1S/C15H23N3O/c1-12(2)18(11-14-9-6-10-16-14)15(19)17-13-7-4-3-5-8-13/h3-5,7-8,12,14,16H,6,9-11H2,1-2H3,(H,17,19). The van der Waals surface area contributed by atoms with Crippen LogP contribution < -0.4 is 10.6 Å². The average molecular weight is 261 g/mol. The Kier molecular flexibility index (Phi) is 4.80. The summed E-state index contributed by atoms with van der Waals surface area (Å²) < 4.78 is 0. The van der Waals surface area contributed by atoms with Gasteiger partial charge in [0.1, 0.15) is 0 Å². The number of nitrogens with zero attached hydrogens (tertiary/aromatic N) is 1. The van der Waals surface area contributed by atoms with Crippen molar-refractivity contribution < 1.29 is 4.79 Å². The molecule has 1 fully saturated rings. The van der Waals surface area contributed by atoms with Gasteiger partial charge in [0.15, 0.2) is 0 Å². The SMILES string of the molecule is CC(C)N(CC1CCCN1)C(=O)Nc1ccccc1. The number of hydrogen-bond donors (Lipinski definition) is 2. The number of carbonyl (C=O) groups excluding carboxylic acids is 1. The van der Waals surface area contributed by atoms with Crippen LogP contribution in [0.4, 0.5) is 10.5 Å². The Bertz CT molecular complexity index is 399. The van der Waals surface area contributed by atoms with Gasteiger partial charge in [-0.25, -0.2) is 4.79 Å². The van der Waals surface area contributed by atoms with Crippen molar-refractivity contribution >= 4 is 11.7 Å². The maximum Gasteiger partial charge on any atom is 0.322 e. The van der Waals surface area contributed by atoms with Crippen molar-refractivity contribution in [2.75, 3.05) is 18.4 Å². The highest BCUT2D eigenvalue weighted by atomic mass is 16.2. The first-order chi connectivity index (χ1) is 9.16. The van der Waals surface area contributed by atoms with Crippen molar-refractivity contribution in [3.63, 3.8) is 0 Å². The van der Waals surface area contributed by atoms with Gasteiger partial charge in [0.25, 0.3) is 0 Å². The van der Waals surface area contributed by atoms with Gasteiger partial charge in [-0.1, -0.05) is 18.2 Å². The Hall–Kier alpha value is -1.55. The molecule has 2 rings (SSSR count). The second-order valence-electron chi connectivity index (χ2n) is 5.34. The maximum absolute atomic E-state index is 12.3. The van der Waals surface area contributed by atoms with Crippen LogP contribution >= 0.6 is 0 Å². The summed E-state index contributed by atoms with van der Waals surface area (Å²) in [6, 6.07) is 10.2. The summed E-state index contributed by atoms with van der Waals surface area (Å²) in [4.78, 5) is 14.2. The molecule has 0 aromatic heterocycles. The van der Waals surface area contributed by atoms with Crippen molar-refractivity contribution in [3.05, 3.63) is 30.3 Å². The zero-order valence-corrected chi connectivity index (χ0v) is 11.7. The quantitative estimate of drug-likeness (QED) is 0.875. The molecule has 0 spiro atoms. The summed E-state index contributed by atoms with van der Waals surface area (Å²) >= 11 is 0. The van der Waals surface area contributed by atoms with Crippen LogP contribution in [-0.2, 0) is 0 Å². The van der Waals surface area contributed by atoms with E-state index in [0.717, 1.165) is 25.2 Å². The van der Waals surface area contributed by atoms with Gasteiger partial charge in [0, 0.05) is 24.3 Å². The van der Waals surface area contributed by atoms with Crippen molar-refractivity contribution in [1.82, 2.24) is 10.2 Å². The molecule has 0 saturated carbocycles.